The van der Waals surface area contributed by atoms with Crippen LogP contribution in [0.4, 0.5) is 0 Å². The Labute approximate surface area is 180 Å². The SMILES string of the molecule is Cl.Cl.Cn1c(=O)c2ccc(C(=O)N3CCC(N4CCNCC4)C3)nc2n(C)c1=O. The number of piperazine rings is 1. The van der Waals surface area contributed by atoms with Crippen molar-refractivity contribution in [3.8, 4) is 0 Å². The lowest BCUT2D eigenvalue weighted by Gasteiger charge is -2.32. The van der Waals surface area contributed by atoms with Crippen molar-refractivity contribution in [1.29, 1.82) is 0 Å². The molecule has 0 bridgehead atoms. The summed E-state index contributed by atoms with van der Waals surface area (Å²) in [7, 11) is 2.99. The molecule has 0 spiro atoms. The summed E-state index contributed by atoms with van der Waals surface area (Å²) in [5.74, 6) is -0.150. The van der Waals surface area contributed by atoms with E-state index >= 15 is 0 Å². The number of aryl methyl sites for hydroxylation is 1. The van der Waals surface area contributed by atoms with Gasteiger partial charge in [0.15, 0.2) is 0 Å². The van der Waals surface area contributed by atoms with Crippen molar-refractivity contribution in [2.45, 2.75) is 12.5 Å². The van der Waals surface area contributed by atoms with Gasteiger partial charge in [0.05, 0.1) is 5.39 Å². The van der Waals surface area contributed by atoms with Gasteiger partial charge in [0.1, 0.15) is 11.3 Å². The number of likely N-dealkylation sites (tertiary alicyclic amines) is 1. The van der Waals surface area contributed by atoms with Crippen molar-refractivity contribution in [2.24, 2.45) is 14.1 Å². The predicted molar refractivity (Wildman–Crippen MR) is 115 cm³/mol. The molecule has 29 heavy (non-hydrogen) atoms. The number of carbonyl (C=O) groups excluding carboxylic acids is 1. The summed E-state index contributed by atoms with van der Waals surface area (Å²) in [5, 5.41) is 3.68. The number of fused-ring (bicyclic) bond motifs is 1. The lowest BCUT2D eigenvalue weighted by molar-refractivity contribution is 0.0768. The lowest BCUT2D eigenvalue weighted by Crippen LogP contribution is -2.49. The molecule has 0 radical (unpaired) electrons. The summed E-state index contributed by atoms with van der Waals surface area (Å²) in [6, 6.07) is 3.55. The van der Waals surface area contributed by atoms with E-state index in [0.717, 1.165) is 37.2 Å². The zero-order valence-electron chi connectivity index (χ0n) is 16.5. The molecule has 1 N–H and O–H groups in total. The number of aromatic nitrogens is 3. The summed E-state index contributed by atoms with van der Waals surface area (Å²) in [6.45, 7) is 5.37. The molecule has 2 aliphatic rings. The first-order chi connectivity index (χ1) is 13.0. The fraction of sp³-hybridized carbons (Fsp3) is 0.556. The van der Waals surface area contributed by atoms with Gasteiger partial charge in [0, 0.05) is 59.4 Å². The third-order valence-electron chi connectivity index (χ3n) is 5.64. The molecule has 160 valence electrons. The molecule has 2 fully saturated rings. The molecule has 4 rings (SSSR count). The minimum absolute atomic E-state index is 0. The minimum atomic E-state index is -0.454. The molecule has 2 saturated heterocycles. The number of nitrogens with zero attached hydrogens (tertiary/aromatic N) is 5. The average molecular weight is 445 g/mol. The Morgan fingerprint density at radius 1 is 1.07 bits per heavy atom. The molecule has 0 aliphatic carbocycles. The molecule has 0 saturated carbocycles. The van der Waals surface area contributed by atoms with E-state index in [1.165, 1.54) is 11.6 Å². The largest absolute Gasteiger partial charge is 0.336 e. The van der Waals surface area contributed by atoms with Crippen LogP contribution in [-0.4, -0.2) is 75.1 Å². The molecular formula is C18H26Cl2N6O3. The Morgan fingerprint density at radius 2 is 1.76 bits per heavy atom. The second kappa shape index (κ2) is 9.25. The summed E-state index contributed by atoms with van der Waals surface area (Å²) >= 11 is 0. The summed E-state index contributed by atoms with van der Waals surface area (Å²) < 4.78 is 2.35. The summed E-state index contributed by atoms with van der Waals surface area (Å²) in [4.78, 5) is 45.9. The van der Waals surface area contributed by atoms with Crippen molar-refractivity contribution in [3.05, 3.63) is 38.7 Å². The number of carbonyl (C=O) groups is 1. The van der Waals surface area contributed by atoms with Gasteiger partial charge in [-0.1, -0.05) is 0 Å². The molecule has 0 aromatic carbocycles. The van der Waals surface area contributed by atoms with Gasteiger partial charge in [-0.3, -0.25) is 23.6 Å². The first-order valence-electron chi connectivity index (χ1n) is 9.28. The number of pyridine rings is 1. The topological polar surface area (TPSA) is 92.5 Å². The van der Waals surface area contributed by atoms with Crippen LogP contribution in [0.15, 0.2) is 21.7 Å². The number of nitrogens with one attached hydrogen (secondary N) is 1. The maximum Gasteiger partial charge on any atom is 0.332 e. The number of rotatable bonds is 2. The molecule has 1 unspecified atom stereocenters. The Bertz CT molecular complexity index is 1020. The van der Waals surface area contributed by atoms with E-state index in [9.17, 15) is 14.4 Å². The first-order valence-corrected chi connectivity index (χ1v) is 9.28. The third-order valence-corrected chi connectivity index (χ3v) is 5.64. The van der Waals surface area contributed by atoms with E-state index in [1.807, 2.05) is 4.90 Å². The van der Waals surface area contributed by atoms with E-state index < -0.39 is 11.2 Å². The van der Waals surface area contributed by atoms with Crippen molar-refractivity contribution in [2.75, 3.05) is 39.3 Å². The van der Waals surface area contributed by atoms with Gasteiger partial charge in [0.25, 0.3) is 11.5 Å². The van der Waals surface area contributed by atoms with Gasteiger partial charge in [0.2, 0.25) is 0 Å². The van der Waals surface area contributed by atoms with E-state index in [-0.39, 0.29) is 42.1 Å². The molecule has 9 nitrogen and oxygen atoms in total. The van der Waals surface area contributed by atoms with Crippen molar-refractivity contribution >= 4 is 41.8 Å². The zero-order valence-corrected chi connectivity index (χ0v) is 18.1. The molecular weight excluding hydrogens is 419 g/mol. The Balaban J connectivity index is 0.00000150. The monoisotopic (exact) mass is 444 g/mol. The second-order valence-electron chi connectivity index (χ2n) is 7.25. The molecule has 2 aromatic heterocycles. The number of hydrogen-bond donors (Lipinski definition) is 1. The highest BCUT2D eigenvalue weighted by Gasteiger charge is 2.32. The lowest BCUT2D eigenvalue weighted by atomic mass is 10.2. The van der Waals surface area contributed by atoms with Gasteiger partial charge >= 0.3 is 5.69 Å². The van der Waals surface area contributed by atoms with Crippen LogP contribution >= 0.6 is 24.8 Å². The maximum absolute atomic E-state index is 12.9. The summed E-state index contributed by atoms with van der Waals surface area (Å²) in [5.41, 5.74) is -0.345. The van der Waals surface area contributed by atoms with Crippen LogP contribution in [0.1, 0.15) is 16.9 Å². The van der Waals surface area contributed by atoms with Crippen LogP contribution in [-0.2, 0) is 14.1 Å². The maximum atomic E-state index is 12.9. The van der Waals surface area contributed by atoms with Crippen molar-refractivity contribution < 1.29 is 4.79 Å². The highest BCUT2D eigenvalue weighted by atomic mass is 35.5. The molecule has 2 aliphatic heterocycles. The number of hydrogen-bond acceptors (Lipinski definition) is 6. The van der Waals surface area contributed by atoms with Crippen molar-refractivity contribution in [3.63, 3.8) is 0 Å². The average Bonchev–Trinajstić information content (AvgIpc) is 3.20. The van der Waals surface area contributed by atoms with Crippen molar-refractivity contribution in [1.82, 2.24) is 29.2 Å². The molecule has 2 aromatic rings. The van der Waals surface area contributed by atoms with Gasteiger partial charge in [-0.25, -0.2) is 9.78 Å². The zero-order chi connectivity index (χ0) is 19.1. The quantitative estimate of drug-likeness (QED) is 0.676. The van der Waals surface area contributed by atoms with E-state index in [2.05, 4.69) is 15.2 Å². The van der Waals surface area contributed by atoms with E-state index in [1.54, 1.807) is 19.2 Å². The third kappa shape index (κ3) is 4.18. The molecule has 4 heterocycles. The summed E-state index contributed by atoms with van der Waals surface area (Å²) in [6.07, 6.45) is 0.957. The van der Waals surface area contributed by atoms with Crippen LogP contribution in [0.3, 0.4) is 0 Å². The van der Waals surface area contributed by atoms with Gasteiger partial charge in [-0.15, -0.1) is 24.8 Å². The Hall–Kier alpha value is -1.94. The number of halogens is 2. The molecule has 1 atom stereocenters. The highest BCUT2D eigenvalue weighted by molar-refractivity contribution is 5.94. The van der Waals surface area contributed by atoms with Crippen LogP contribution in [0, 0.1) is 0 Å². The van der Waals surface area contributed by atoms with Crippen LogP contribution in [0.2, 0.25) is 0 Å². The highest BCUT2D eigenvalue weighted by Crippen LogP contribution is 2.18. The van der Waals surface area contributed by atoms with Crippen LogP contribution < -0.4 is 16.6 Å². The second-order valence-corrected chi connectivity index (χ2v) is 7.25. The molecule has 1 amide bonds. The van der Waals surface area contributed by atoms with E-state index in [4.69, 9.17) is 0 Å². The van der Waals surface area contributed by atoms with Gasteiger partial charge in [-0.05, 0) is 18.6 Å². The van der Waals surface area contributed by atoms with Gasteiger partial charge in [-0.2, -0.15) is 0 Å². The van der Waals surface area contributed by atoms with Crippen LogP contribution in [0.25, 0.3) is 11.0 Å². The number of amides is 1. The van der Waals surface area contributed by atoms with Gasteiger partial charge < -0.3 is 10.2 Å². The smallest absolute Gasteiger partial charge is 0.332 e. The normalized spacial score (nSPS) is 19.7. The minimum Gasteiger partial charge on any atom is -0.336 e. The fourth-order valence-electron chi connectivity index (χ4n) is 4.01. The predicted octanol–water partition coefficient (Wildman–Crippen LogP) is -0.404. The Kier molecular flexibility index (Phi) is 7.45. The first kappa shape index (κ1) is 23.3. The fourth-order valence-corrected chi connectivity index (χ4v) is 4.01. The Morgan fingerprint density at radius 3 is 2.45 bits per heavy atom. The van der Waals surface area contributed by atoms with E-state index in [0.29, 0.717) is 24.5 Å². The van der Waals surface area contributed by atoms with Crippen LogP contribution in [0.5, 0.6) is 0 Å². The standard InChI is InChI=1S/C18H24N6O3.2ClH/c1-21-15-13(16(25)22(2)18(21)27)3-4-14(20-15)17(26)24-8-5-12(11-24)23-9-6-19-7-10-23;;/h3-4,12,19H,5-11H2,1-2H3;2*1H. The molecule has 11 heteroatoms.